The van der Waals surface area contributed by atoms with E-state index in [2.05, 4.69) is 15.6 Å². The van der Waals surface area contributed by atoms with Gasteiger partial charge in [0.2, 0.25) is 0 Å². The van der Waals surface area contributed by atoms with Crippen LogP contribution in [-0.2, 0) is 16.1 Å². The van der Waals surface area contributed by atoms with Crippen LogP contribution in [0.25, 0.3) is 0 Å². The lowest BCUT2D eigenvalue weighted by Crippen LogP contribution is -2.51. The minimum absolute atomic E-state index is 0.0629. The number of rotatable bonds is 2. The topological polar surface area (TPSA) is 74.3 Å². The molecular weight excluding hydrogens is 381 g/mol. The number of carbonyl (C=O) groups is 2. The van der Waals surface area contributed by atoms with E-state index in [9.17, 15) is 22.8 Å². The van der Waals surface area contributed by atoms with Crippen molar-refractivity contribution in [2.75, 3.05) is 0 Å². The highest BCUT2D eigenvalue weighted by Crippen LogP contribution is 2.37. The zero-order valence-electron chi connectivity index (χ0n) is 13.9. The van der Waals surface area contributed by atoms with Crippen molar-refractivity contribution < 1.29 is 22.8 Å². The summed E-state index contributed by atoms with van der Waals surface area (Å²) in [7, 11) is 0. The first-order valence-corrected chi connectivity index (χ1v) is 8.12. The second-order valence-corrected chi connectivity index (χ2v) is 6.24. The van der Waals surface area contributed by atoms with Crippen LogP contribution in [0.4, 0.5) is 13.2 Å². The van der Waals surface area contributed by atoms with Crippen LogP contribution in [0.3, 0.4) is 0 Å². The van der Waals surface area contributed by atoms with Gasteiger partial charge in [0.05, 0.1) is 0 Å². The second kappa shape index (κ2) is 6.95. The SMILES string of the molecule is CC1=CC(=C2C(=O)NC(=S)NC2=O)C=C(C(F)(F)F)N1Cc1cccnc1. The van der Waals surface area contributed by atoms with Gasteiger partial charge in [0.1, 0.15) is 11.3 Å². The van der Waals surface area contributed by atoms with Crippen molar-refractivity contribution in [3.05, 3.63) is 64.8 Å². The summed E-state index contributed by atoms with van der Waals surface area (Å²) in [6, 6.07) is 3.29. The Morgan fingerprint density at radius 3 is 2.41 bits per heavy atom. The van der Waals surface area contributed by atoms with E-state index in [1.165, 1.54) is 25.4 Å². The molecule has 0 radical (unpaired) electrons. The summed E-state index contributed by atoms with van der Waals surface area (Å²) in [5.41, 5.74) is -0.743. The Morgan fingerprint density at radius 1 is 1.19 bits per heavy atom. The van der Waals surface area contributed by atoms with Crippen molar-refractivity contribution in [2.45, 2.75) is 19.6 Å². The van der Waals surface area contributed by atoms with Crippen molar-refractivity contribution in [3.8, 4) is 0 Å². The average molecular weight is 394 g/mol. The molecule has 0 saturated carbocycles. The first-order valence-electron chi connectivity index (χ1n) is 7.71. The average Bonchev–Trinajstić information content (AvgIpc) is 2.56. The number of aromatic nitrogens is 1. The minimum Gasteiger partial charge on any atom is -0.337 e. The summed E-state index contributed by atoms with van der Waals surface area (Å²) < 4.78 is 41.0. The fourth-order valence-electron chi connectivity index (χ4n) is 2.75. The minimum atomic E-state index is -4.69. The number of allylic oxidation sites excluding steroid dienone is 5. The van der Waals surface area contributed by atoms with Gasteiger partial charge in [0.15, 0.2) is 5.11 Å². The van der Waals surface area contributed by atoms with Gasteiger partial charge < -0.3 is 4.90 Å². The Balaban J connectivity index is 2.07. The predicted molar refractivity (Wildman–Crippen MR) is 93.6 cm³/mol. The quantitative estimate of drug-likeness (QED) is 0.457. The van der Waals surface area contributed by atoms with E-state index in [0.29, 0.717) is 5.56 Å². The maximum atomic E-state index is 13.7. The Hall–Kier alpha value is -3.01. The lowest BCUT2D eigenvalue weighted by molar-refractivity contribution is -0.123. The Labute approximate surface area is 157 Å². The number of hydrogen-bond donors (Lipinski definition) is 2. The predicted octanol–water partition coefficient (Wildman–Crippen LogP) is 2.07. The molecule has 0 unspecified atom stereocenters. The summed E-state index contributed by atoms with van der Waals surface area (Å²) in [4.78, 5) is 29.1. The van der Waals surface area contributed by atoms with Gasteiger partial charge >= 0.3 is 6.18 Å². The van der Waals surface area contributed by atoms with Crippen LogP contribution in [0, 0.1) is 0 Å². The number of alkyl halides is 3. The lowest BCUT2D eigenvalue weighted by atomic mass is 9.99. The van der Waals surface area contributed by atoms with Crippen molar-refractivity contribution >= 4 is 29.1 Å². The van der Waals surface area contributed by atoms with Gasteiger partial charge in [0, 0.05) is 24.6 Å². The number of pyridine rings is 1. The molecule has 27 heavy (non-hydrogen) atoms. The first kappa shape index (κ1) is 18.8. The van der Waals surface area contributed by atoms with Crippen LogP contribution in [0.1, 0.15) is 12.5 Å². The molecule has 2 amide bonds. The van der Waals surface area contributed by atoms with E-state index < -0.39 is 29.3 Å². The van der Waals surface area contributed by atoms with Crippen LogP contribution in [0.2, 0.25) is 0 Å². The van der Waals surface area contributed by atoms with Gasteiger partial charge in [-0.1, -0.05) is 6.07 Å². The third kappa shape index (κ3) is 3.90. The number of hydrogen-bond acceptors (Lipinski definition) is 5. The Morgan fingerprint density at radius 2 is 1.85 bits per heavy atom. The van der Waals surface area contributed by atoms with E-state index in [0.717, 1.165) is 11.0 Å². The fourth-order valence-corrected chi connectivity index (χ4v) is 2.94. The van der Waals surface area contributed by atoms with Gasteiger partial charge in [-0.05, 0) is 48.5 Å². The normalized spacial score (nSPS) is 18.1. The van der Waals surface area contributed by atoms with Crippen molar-refractivity contribution in [1.82, 2.24) is 20.5 Å². The van der Waals surface area contributed by atoms with E-state index in [4.69, 9.17) is 12.2 Å². The molecule has 1 fully saturated rings. The van der Waals surface area contributed by atoms with E-state index in [-0.39, 0.29) is 22.9 Å². The molecule has 0 bridgehead atoms. The molecule has 3 rings (SSSR count). The summed E-state index contributed by atoms with van der Waals surface area (Å²) in [6.07, 6.45) is 0.440. The van der Waals surface area contributed by atoms with Crippen LogP contribution in [0.5, 0.6) is 0 Å². The monoisotopic (exact) mass is 394 g/mol. The molecule has 2 aliphatic heterocycles. The number of nitrogens with one attached hydrogen (secondary N) is 2. The number of thiocarbonyl (C=S) groups is 1. The Bertz CT molecular complexity index is 898. The van der Waals surface area contributed by atoms with Gasteiger partial charge in [-0.25, -0.2) is 0 Å². The molecule has 0 aliphatic carbocycles. The Kier molecular flexibility index (Phi) is 4.83. The van der Waals surface area contributed by atoms with Crippen molar-refractivity contribution in [2.24, 2.45) is 0 Å². The van der Waals surface area contributed by atoms with Crippen LogP contribution in [0.15, 0.2) is 59.2 Å². The highest BCUT2D eigenvalue weighted by molar-refractivity contribution is 7.80. The molecular formula is C17H13F3N4O2S. The molecule has 0 aromatic carbocycles. The van der Waals surface area contributed by atoms with Gasteiger partial charge in [0.25, 0.3) is 11.8 Å². The van der Waals surface area contributed by atoms with E-state index in [1.54, 1.807) is 12.1 Å². The van der Waals surface area contributed by atoms with Crippen molar-refractivity contribution in [1.29, 1.82) is 0 Å². The van der Waals surface area contributed by atoms with Gasteiger partial charge in [-0.2, -0.15) is 13.2 Å². The number of nitrogens with zero attached hydrogens (tertiary/aromatic N) is 2. The first-order chi connectivity index (χ1) is 12.7. The summed E-state index contributed by atoms with van der Waals surface area (Å²) in [6.45, 7) is 1.41. The molecule has 1 saturated heterocycles. The molecule has 0 spiro atoms. The van der Waals surface area contributed by atoms with Gasteiger partial charge in [-0.15, -0.1) is 0 Å². The summed E-state index contributed by atoms with van der Waals surface area (Å²) >= 11 is 4.70. The molecule has 3 heterocycles. The third-order valence-electron chi connectivity index (χ3n) is 3.92. The number of amides is 2. The second-order valence-electron chi connectivity index (χ2n) is 5.83. The molecule has 1 aromatic heterocycles. The zero-order valence-corrected chi connectivity index (χ0v) is 14.7. The lowest BCUT2D eigenvalue weighted by Gasteiger charge is -2.33. The maximum Gasteiger partial charge on any atom is 0.431 e. The molecule has 140 valence electrons. The summed E-state index contributed by atoms with van der Waals surface area (Å²) in [5, 5.41) is 4.24. The summed E-state index contributed by atoms with van der Waals surface area (Å²) in [5.74, 6) is -1.69. The molecule has 0 atom stereocenters. The largest absolute Gasteiger partial charge is 0.431 e. The molecule has 10 heteroatoms. The molecule has 6 nitrogen and oxygen atoms in total. The third-order valence-corrected chi connectivity index (χ3v) is 4.13. The zero-order chi connectivity index (χ0) is 19.8. The fraction of sp³-hybridized carbons (Fsp3) is 0.176. The standard InChI is InChI=1S/C17H13F3N4O2S/c1-9-5-11(13-14(25)22-16(27)23-15(13)26)6-12(17(18,19)20)24(9)8-10-3-2-4-21-7-10/h2-7H,8H2,1H3,(H2,22,23,25,26,27). The van der Waals surface area contributed by atoms with Crippen LogP contribution >= 0.6 is 12.2 Å². The highest BCUT2D eigenvalue weighted by Gasteiger charge is 2.41. The van der Waals surface area contributed by atoms with Crippen LogP contribution < -0.4 is 10.6 Å². The molecule has 2 aliphatic rings. The van der Waals surface area contributed by atoms with Crippen LogP contribution in [-0.4, -0.2) is 33.0 Å². The number of carbonyl (C=O) groups excluding carboxylic acids is 2. The molecule has 1 aromatic rings. The van der Waals surface area contributed by atoms with E-state index in [1.807, 2.05) is 0 Å². The number of halogens is 3. The maximum absolute atomic E-state index is 13.7. The highest BCUT2D eigenvalue weighted by atomic mass is 32.1. The molecule has 2 N–H and O–H groups in total. The van der Waals surface area contributed by atoms with Gasteiger partial charge in [-0.3, -0.25) is 25.2 Å². The van der Waals surface area contributed by atoms with Crippen molar-refractivity contribution in [3.63, 3.8) is 0 Å². The van der Waals surface area contributed by atoms with E-state index >= 15 is 0 Å². The smallest absolute Gasteiger partial charge is 0.337 e.